The molecule has 3 amide bonds. The zero-order valence-electron chi connectivity index (χ0n) is 25.4. The van der Waals surface area contributed by atoms with Crippen molar-refractivity contribution in [2.24, 2.45) is 0 Å². The number of hydrogen-bond donors (Lipinski definition) is 3. The van der Waals surface area contributed by atoms with E-state index in [0.717, 1.165) is 16.8 Å². The Balaban J connectivity index is 1.47. The molecule has 2 aromatic carbocycles. The Morgan fingerprint density at radius 3 is 2.23 bits per heavy atom. The van der Waals surface area contributed by atoms with Gasteiger partial charge in [-0.15, -0.1) is 0 Å². The molecule has 0 radical (unpaired) electrons. The summed E-state index contributed by atoms with van der Waals surface area (Å²) in [6.07, 6.45) is -0.296. The summed E-state index contributed by atoms with van der Waals surface area (Å²) in [5.74, 6) is -0.924. The third kappa shape index (κ3) is 8.57. The molecule has 1 aliphatic heterocycles. The highest BCUT2D eigenvalue weighted by Crippen LogP contribution is 2.28. The second-order valence-electron chi connectivity index (χ2n) is 12.2. The monoisotopic (exact) mass is 591 g/mol. The van der Waals surface area contributed by atoms with E-state index < -0.39 is 29.2 Å². The minimum absolute atomic E-state index is 0.0139. The number of benzene rings is 2. The first-order chi connectivity index (χ1) is 20.3. The normalized spacial score (nSPS) is 14.0. The number of carbonyl (C=O) groups is 3. The van der Waals surface area contributed by atoms with E-state index in [1.54, 1.807) is 30.4 Å². The van der Waals surface area contributed by atoms with Crippen LogP contribution in [0.1, 0.15) is 57.0 Å². The molecule has 230 valence electrons. The molecule has 43 heavy (non-hydrogen) atoms. The van der Waals surface area contributed by atoms with Gasteiger partial charge in [0.15, 0.2) is 0 Å². The van der Waals surface area contributed by atoms with Gasteiger partial charge in [-0.05, 0) is 45.7 Å². The summed E-state index contributed by atoms with van der Waals surface area (Å²) in [6, 6.07) is 18.1. The van der Waals surface area contributed by atoms with Crippen LogP contribution in [-0.2, 0) is 45.2 Å². The number of nitrogens with one attached hydrogen (secondary N) is 2. The maximum Gasteiger partial charge on any atom is 0.408 e. The fourth-order valence-electron chi connectivity index (χ4n) is 4.68. The van der Waals surface area contributed by atoms with Gasteiger partial charge in [-0.3, -0.25) is 9.59 Å². The van der Waals surface area contributed by atoms with Crippen molar-refractivity contribution in [3.8, 4) is 5.88 Å². The van der Waals surface area contributed by atoms with Crippen molar-refractivity contribution in [1.29, 1.82) is 0 Å². The average molecular weight is 592 g/mol. The number of carbonyl (C=O) groups excluding carboxylic acids is 3. The SMILES string of the molecule is CC(C)(C)OC(=O)NC(C)(C)C(=O)NC(COCc1ccccc1)C(=O)N1CCc2nn(Cc3ccccc3)c(O)c2C1. The summed E-state index contributed by atoms with van der Waals surface area (Å²) in [5, 5.41) is 20.9. The lowest BCUT2D eigenvalue weighted by Gasteiger charge is -2.33. The average Bonchev–Trinajstić information content (AvgIpc) is 3.25. The van der Waals surface area contributed by atoms with Crippen LogP contribution in [0.5, 0.6) is 5.88 Å². The molecular weight excluding hydrogens is 550 g/mol. The minimum atomic E-state index is -1.38. The molecule has 1 atom stereocenters. The topological polar surface area (TPSA) is 135 Å². The van der Waals surface area contributed by atoms with Gasteiger partial charge >= 0.3 is 6.09 Å². The molecule has 11 nitrogen and oxygen atoms in total. The Labute approximate surface area is 252 Å². The second-order valence-corrected chi connectivity index (χ2v) is 12.2. The van der Waals surface area contributed by atoms with Crippen LogP contribution in [0.25, 0.3) is 0 Å². The van der Waals surface area contributed by atoms with Crippen LogP contribution >= 0.6 is 0 Å². The largest absolute Gasteiger partial charge is 0.493 e. The lowest BCUT2D eigenvalue weighted by molar-refractivity contribution is -0.140. The van der Waals surface area contributed by atoms with Crippen LogP contribution in [0.4, 0.5) is 4.79 Å². The van der Waals surface area contributed by atoms with Gasteiger partial charge in [0.1, 0.15) is 17.2 Å². The van der Waals surface area contributed by atoms with Gasteiger partial charge in [-0.25, -0.2) is 9.48 Å². The third-order valence-electron chi connectivity index (χ3n) is 6.94. The minimum Gasteiger partial charge on any atom is -0.493 e. The maximum atomic E-state index is 13.8. The Hall–Kier alpha value is -4.38. The van der Waals surface area contributed by atoms with Crippen molar-refractivity contribution in [1.82, 2.24) is 25.3 Å². The number of amides is 3. The van der Waals surface area contributed by atoms with Crippen LogP contribution in [0.3, 0.4) is 0 Å². The fourth-order valence-corrected chi connectivity index (χ4v) is 4.68. The van der Waals surface area contributed by atoms with Gasteiger partial charge in [0, 0.05) is 13.0 Å². The first-order valence-electron chi connectivity index (χ1n) is 14.4. The van der Waals surface area contributed by atoms with E-state index in [1.807, 2.05) is 60.7 Å². The summed E-state index contributed by atoms with van der Waals surface area (Å²) in [6.45, 7) is 9.30. The van der Waals surface area contributed by atoms with Crippen molar-refractivity contribution in [2.75, 3.05) is 13.2 Å². The lowest BCUT2D eigenvalue weighted by Crippen LogP contribution is -2.60. The van der Waals surface area contributed by atoms with Crippen LogP contribution < -0.4 is 10.6 Å². The summed E-state index contributed by atoms with van der Waals surface area (Å²) in [7, 11) is 0. The number of alkyl carbamates (subject to hydrolysis) is 1. The molecule has 0 aliphatic carbocycles. The van der Waals surface area contributed by atoms with Crippen LogP contribution in [0.15, 0.2) is 60.7 Å². The Morgan fingerprint density at radius 2 is 1.60 bits per heavy atom. The Bertz CT molecular complexity index is 1420. The predicted molar refractivity (Wildman–Crippen MR) is 160 cm³/mol. The Kier molecular flexibility index (Phi) is 9.75. The molecule has 3 aromatic rings. The van der Waals surface area contributed by atoms with Crippen LogP contribution in [0, 0.1) is 0 Å². The first-order valence-corrected chi connectivity index (χ1v) is 14.4. The highest BCUT2D eigenvalue weighted by Gasteiger charge is 2.37. The van der Waals surface area contributed by atoms with E-state index in [9.17, 15) is 19.5 Å². The zero-order chi connectivity index (χ0) is 31.2. The molecule has 1 unspecified atom stereocenters. The summed E-state index contributed by atoms with van der Waals surface area (Å²) >= 11 is 0. The molecular formula is C32H41N5O6. The van der Waals surface area contributed by atoms with Gasteiger partial charge in [0.25, 0.3) is 0 Å². The molecule has 11 heteroatoms. The lowest BCUT2D eigenvalue weighted by atomic mass is 10.0. The van der Waals surface area contributed by atoms with Crippen molar-refractivity contribution in [3.05, 3.63) is 83.0 Å². The van der Waals surface area contributed by atoms with E-state index in [-0.39, 0.29) is 31.5 Å². The maximum absolute atomic E-state index is 13.8. The van der Waals surface area contributed by atoms with E-state index in [1.165, 1.54) is 13.8 Å². The number of nitrogens with zero attached hydrogens (tertiary/aromatic N) is 3. The molecule has 0 bridgehead atoms. The molecule has 0 saturated heterocycles. The van der Waals surface area contributed by atoms with Gasteiger partial charge in [-0.2, -0.15) is 5.10 Å². The summed E-state index contributed by atoms with van der Waals surface area (Å²) < 4.78 is 12.7. The standard InChI is InChI=1S/C32H41N5O6/c1-31(2,3)43-30(41)34-32(4,5)29(40)33-26(21-42-20-23-14-10-7-11-15-23)28(39)36-17-16-25-24(19-36)27(38)37(35-25)18-22-12-8-6-9-13-22/h6-15,26,38H,16-21H2,1-5H3,(H,33,40)(H,34,41). The molecule has 4 rings (SSSR count). The van der Waals surface area contributed by atoms with Crippen LogP contribution in [-0.4, -0.2) is 68.0 Å². The number of hydrogen-bond acceptors (Lipinski definition) is 7. The highest BCUT2D eigenvalue weighted by molar-refractivity contribution is 5.93. The van der Waals surface area contributed by atoms with Gasteiger partial charge < -0.3 is 30.1 Å². The zero-order valence-corrected chi connectivity index (χ0v) is 25.4. The molecule has 1 aromatic heterocycles. The number of rotatable bonds is 10. The quantitative estimate of drug-likeness (QED) is 0.328. The summed E-state index contributed by atoms with van der Waals surface area (Å²) in [4.78, 5) is 41.2. The van der Waals surface area contributed by atoms with E-state index in [4.69, 9.17) is 9.47 Å². The van der Waals surface area contributed by atoms with Crippen molar-refractivity contribution >= 4 is 17.9 Å². The molecule has 2 heterocycles. The molecule has 0 fully saturated rings. The van der Waals surface area contributed by atoms with Gasteiger partial charge in [0.2, 0.25) is 17.7 Å². The van der Waals surface area contributed by atoms with Gasteiger partial charge in [0.05, 0.1) is 37.6 Å². The second kappa shape index (κ2) is 13.3. The number of aromatic hydroxyl groups is 1. The molecule has 1 aliphatic rings. The third-order valence-corrected chi connectivity index (χ3v) is 6.94. The molecule has 0 spiro atoms. The molecule has 3 N–H and O–H groups in total. The van der Waals surface area contributed by atoms with E-state index in [0.29, 0.717) is 25.1 Å². The highest BCUT2D eigenvalue weighted by atomic mass is 16.6. The predicted octanol–water partition coefficient (Wildman–Crippen LogP) is 3.53. The summed E-state index contributed by atoms with van der Waals surface area (Å²) in [5.41, 5.74) is 1.11. The first kappa shape index (κ1) is 31.6. The smallest absolute Gasteiger partial charge is 0.408 e. The number of fused-ring (bicyclic) bond motifs is 1. The van der Waals surface area contributed by atoms with Crippen molar-refractivity contribution in [3.63, 3.8) is 0 Å². The number of aromatic nitrogens is 2. The number of ether oxygens (including phenoxy) is 2. The Morgan fingerprint density at radius 1 is 0.977 bits per heavy atom. The van der Waals surface area contributed by atoms with Crippen molar-refractivity contribution in [2.45, 2.75) is 77.9 Å². The molecule has 0 saturated carbocycles. The van der Waals surface area contributed by atoms with Crippen molar-refractivity contribution < 1.29 is 29.0 Å². The van der Waals surface area contributed by atoms with Crippen LogP contribution in [0.2, 0.25) is 0 Å². The fraction of sp³-hybridized carbons (Fsp3) is 0.438. The van der Waals surface area contributed by atoms with E-state index >= 15 is 0 Å². The van der Waals surface area contributed by atoms with E-state index in [2.05, 4.69) is 15.7 Å². The van der Waals surface area contributed by atoms with Gasteiger partial charge in [-0.1, -0.05) is 60.7 Å².